The molecule has 2 aromatic rings. The van der Waals surface area contributed by atoms with Crippen LogP contribution in [0.3, 0.4) is 0 Å². The zero-order valence-corrected chi connectivity index (χ0v) is 17.1. The minimum atomic E-state index is -3.84. The highest BCUT2D eigenvalue weighted by molar-refractivity contribution is 7.99. The van der Waals surface area contributed by atoms with E-state index in [0.29, 0.717) is 12.3 Å². The maximum absolute atomic E-state index is 14.1. The van der Waals surface area contributed by atoms with Gasteiger partial charge in [-0.15, -0.1) is 11.8 Å². The lowest BCUT2D eigenvalue weighted by atomic mass is 10.2. The van der Waals surface area contributed by atoms with Gasteiger partial charge >= 0.3 is 0 Å². The van der Waals surface area contributed by atoms with E-state index in [1.807, 2.05) is 31.2 Å². The van der Waals surface area contributed by atoms with Gasteiger partial charge in [-0.1, -0.05) is 29.8 Å². The van der Waals surface area contributed by atoms with E-state index in [0.717, 1.165) is 21.5 Å². The maximum atomic E-state index is 14.1. The van der Waals surface area contributed by atoms with Gasteiger partial charge in [-0.3, -0.25) is 9.10 Å². The molecular formula is C19H23FN2O3S2. The second-order valence-electron chi connectivity index (χ2n) is 6.14. The third kappa shape index (κ3) is 5.97. The molecule has 0 aliphatic heterocycles. The first-order valence-electron chi connectivity index (χ1n) is 8.41. The van der Waals surface area contributed by atoms with E-state index in [9.17, 15) is 17.6 Å². The van der Waals surface area contributed by atoms with Gasteiger partial charge in [-0.05, 0) is 38.1 Å². The van der Waals surface area contributed by atoms with Crippen LogP contribution in [-0.2, 0) is 14.8 Å². The van der Waals surface area contributed by atoms with Crippen LogP contribution in [0.25, 0.3) is 0 Å². The molecule has 2 aromatic carbocycles. The molecule has 0 spiro atoms. The summed E-state index contributed by atoms with van der Waals surface area (Å²) in [7, 11) is -3.84. The number of hydrogen-bond donors (Lipinski definition) is 1. The highest BCUT2D eigenvalue weighted by atomic mass is 32.2. The number of carbonyl (C=O) groups excluding carboxylic acids is 1. The average Bonchev–Trinajstić information content (AvgIpc) is 2.60. The highest BCUT2D eigenvalue weighted by Crippen LogP contribution is 2.24. The summed E-state index contributed by atoms with van der Waals surface area (Å²) in [4.78, 5) is 13.5. The van der Waals surface area contributed by atoms with Crippen molar-refractivity contribution in [3.63, 3.8) is 0 Å². The Labute approximate surface area is 164 Å². The zero-order chi connectivity index (χ0) is 20.0. The summed E-state index contributed by atoms with van der Waals surface area (Å²) in [6.45, 7) is 3.83. The summed E-state index contributed by atoms with van der Waals surface area (Å²) in [5.74, 6) is -0.536. The summed E-state index contributed by atoms with van der Waals surface area (Å²) < 4.78 is 39.2. The van der Waals surface area contributed by atoms with Crippen LogP contribution in [-0.4, -0.2) is 38.9 Å². The van der Waals surface area contributed by atoms with Crippen molar-refractivity contribution >= 4 is 33.4 Å². The van der Waals surface area contributed by atoms with Crippen LogP contribution in [0.2, 0.25) is 0 Å². The molecule has 1 amide bonds. The number of anilines is 1. The molecule has 27 heavy (non-hydrogen) atoms. The van der Waals surface area contributed by atoms with E-state index in [-0.39, 0.29) is 5.69 Å². The fourth-order valence-corrected chi connectivity index (χ4v) is 4.48. The largest absolute Gasteiger partial charge is 0.353 e. The summed E-state index contributed by atoms with van der Waals surface area (Å²) in [5.41, 5.74) is 1.03. The zero-order valence-electron chi connectivity index (χ0n) is 15.5. The maximum Gasteiger partial charge on any atom is 0.243 e. The van der Waals surface area contributed by atoms with Crippen LogP contribution >= 0.6 is 11.8 Å². The number of sulfonamides is 1. The van der Waals surface area contributed by atoms with Crippen LogP contribution in [0.15, 0.2) is 53.4 Å². The molecule has 0 unspecified atom stereocenters. The SMILES string of the molecule is Cc1ccc(SCCNC(=O)[C@H](C)N(c2ccccc2F)S(C)(=O)=O)cc1. The molecule has 146 valence electrons. The van der Waals surface area contributed by atoms with Gasteiger partial charge in [0, 0.05) is 17.2 Å². The molecule has 1 atom stereocenters. The number of carbonyl (C=O) groups is 1. The topological polar surface area (TPSA) is 66.5 Å². The number of nitrogens with zero attached hydrogens (tertiary/aromatic N) is 1. The molecule has 0 aliphatic carbocycles. The van der Waals surface area contributed by atoms with Crippen molar-refractivity contribution in [1.29, 1.82) is 0 Å². The Morgan fingerprint density at radius 2 is 1.81 bits per heavy atom. The summed E-state index contributed by atoms with van der Waals surface area (Å²) in [6.07, 6.45) is 0.955. The molecule has 1 N–H and O–H groups in total. The Morgan fingerprint density at radius 1 is 1.19 bits per heavy atom. The van der Waals surface area contributed by atoms with E-state index < -0.39 is 27.8 Å². The fourth-order valence-electron chi connectivity index (χ4n) is 2.54. The lowest BCUT2D eigenvalue weighted by Crippen LogP contribution is -2.48. The van der Waals surface area contributed by atoms with Crippen molar-refractivity contribution in [2.75, 3.05) is 22.9 Å². The monoisotopic (exact) mass is 410 g/mol. The summed E-state index contributed by atoms with van der Waals surface area (Å²) >= 11 is 1.59. The van der Waals surface area contributed by atoms with Crippen molar-refractivity contribution in [1.82, 2.24) is 5.32 Å². The van der Waals surface area contributed by atoms with E-state index >= 15 is 0 Å². The first kappa shape index (κ1) is 21.2. The van der Waals surface area contributed by atoms with Crippen molar-refractivity contribution < 1.29 is 17.6 Å². The average molecular weight is 411 g/mol. The highest BCUT2D eigenvalue weighted by Gasteiger charge is 2.30. The number of hydrogen-bond acceptors (Lipinski definition) is 4. The van der Waals surface area contributed by atoms with Crippen molar-refractivity contribution in [2.45, 2.75) is 24.8 Å². The van der Waals surface area contributed by atoms with Gasteiger partial charge in [0.1, 0.15) is 11.9 Å². The molecule has 0 saturated carbocycles. The predicted molar refractivity (Wildman–Crippen MR) is 108 cm³/mol. The Morgan fingerprint density at radius 3 is 2.41 bits per heavy atom. The molecule has 0 fully saturated rings. The first-order valence-corrected chi connectivity index (χ1v) is 11.2. The normalized spacial score (nSPS) is 12.4. The number of benzene rings is 2. The molecular weight excluding hydrogens is 387 g/mol. The molecule has 0 radical (unpaired) electrons. The molecule has 0 aromatic heterocycles. The molecule has 8 heteroatoms. The number of rotatable bonds is 8. The Kier molecular flexibility index (Phi) is 7.26. The van der Waals surface area contributed by atoms with E-state index in [1.165, 1.54) is 30.7 Å². The van der Waals surface area contributed by atoms with Gasteiger partial charge in [0.25, 0.3) is 0 Å². The molecule has 0 saturated heterocycles. The van der Waals surface area contributed by atoms with E-state index in [1.54, 1.807) is 11.8 Å². The Balaban J connectivity index is 1.99. The minimum absolute atomic E-state index is 0.142. The van der Waals surface area contributed by atoms with Gasteiger partial charge in [-0.25, -0.2) is 12.8 Å². The molecule has 0 aliphatic rings. The van der Waals surface area contributed by atoms with Crippen LogP contribution in [0, 0.1) is 12.7 Å². The van der Waals surface area contributed by atoms with Gasteiger partial charge in [-0.2, -0.15) is 0 Å². The Bertz CT molecular complexity index is 886. The third-order valence-electron chi connectivity index (χ3n) is 3.87. The fraction of sp³-hybridized carbons (Fsp3) is 0.316. The number of thioether (sulfide) groups is 1. The number of halogens is 1. The first-order chi connectivity index (χ1) is 12.7. The number of aryl methyl sites for hydroxylation is 1. The predicted octanol–water partition coefficient (Wildman–Crippen LogP) is 3.20. The number of nitrogens with one attached hydrogen (secondary N) is 1. The van der Waals surface area contributed by atoms with Crippen molar-refractivity contribution in [2.24, 2.45) is 0 Å². The van der Waals surface area contributed by atoms with E-state index in [4.69, 9.17) is 0 Å². The van der Waals surface area contributed by atoms with Gasteiger partial charge in [0.05, 0.1) is 11.9 Å². The summed E-state index contributed by atoms with van der Waals surface area (Å²) in [6, 6.07) is 12.5. The van der Waals surface area contributed by atoms with E-state index in [2.05, 4.69) is 5.32 Å². The second-order valence-corrected chi connectivity index (χ2v) is 9.17. The van der Waals surface area contributed by atoms with Crippen molar-refractivity contribution in [3.8, 4) is 0 Å². The molecule has 0 bridgehead atoms. The summed E-state index contributed by atoms with van der Waals surface area (Å²) in [5, 5.41) is 2.72. The molecule has 5 nitrogen and oxygen atoms in total. The molecule has 2 rings (SSSR count). The smallest absolute Gasteiger partial charge is 0.243 e. The Hall–Kier alpha value is -2.06. The second kappa shape index (κ2) is 9.23. The van der Waals surface area contributed by atoms with Crippen LogP contribution < -0.4 is 9.62 Å². The number of para-hydroxylation sites is 1. The van der Waals surface area contributed by atoms with Gasteiger partial charge < -0.3 is 5.32 Å². The molecule has 0 heterocycles. The van der Waals surface area contributed by atoms with Crippen LogP contribution in [0.4, 0.5) is 10.1 Å². The standard InChI is InChI=1S/C19H23FN2O3S2/c1-14-8-10-16(11-9-14)26-13-12-21-19(23)15(2)22(27(3,24)25)18-7-5-4-6-17(18)20/h4-11,15H,12-13H2,1-3H3,(H,21,23)/t15-/m0/s1. The van der Waals surface area contributed by atoms with Crippen LogP contribution in [0.1, 0.15) is 12.5 Å². The quantitative estimate of drug-likeness (QED) is 0.536. The third-order valence-corrected chi connectivity index (χ3v) is 6.11. The minimum Gasteiger partial charge on any atom is -0.353 e. The lowest BCUT2D eigenvalue weighted by molar-refractivity contribution is -0.121. The lowest BCUT2D eigenvalue weighted by Gasteiger charge is -2.28. The van der Waals surface area contributed by atoms with Gasteiger partial charge in [0.15, 0.2) is 0 Å². The van der Waals surface area contributed by atoms with Gasteiger partial charge in [0.2, 0.25) is 15.9 Å². The van der Waals surface area contributed by atoms with Crippen LogP contribution in [0.5, 0.6) is 0 Å². The van der Waals surface area contributed by atoms with Crippen molar-refractivity contribution in [3.05, 3.63) is 59.9 Å². The number of amides is 1.